The monoisotopic (exact) mass is 412 g/mol. The molecule has 0 aromatic heterocycles. The zero-order valence-electron chi connectivity index (χ0n) is 17.9. The molecule has 0 radical (unpaired) electrons. The van der Waals surface area contributed by atoms with Crippen LogP contribution in [0.1, 0.15) is 31.4 Å². The molecule has 2 aromatic rings. The van der Waals surface area contributed by atoms with Crippen LogP contribution in [0.4, 0.5) is 4.79 Å². The number of imide groups is 1. The quantitative estimate of drug-likeness (QED) is 0.637. The fourth-order valence-electron chi connectivity index (χ4n) is 3.70. The predicted molar refractivity (Wildman–Crippen MR) is 113 cm³/mol. The van der Waals surface area contributed by atoms with Gasteiger partial charge >= 0.3 is 6.03 Å². The number of ether oxygens (including phenoxy) is 3. The lowest BCUT2D eigenvalue weighted by Gasteiger charge is -2.26. The van der Waals surface area contributed by atoms with E-state index in [-0.39, 0.29) is 19.1 Å². The normalized spacial score (nSPS) is 18.3. The standard InChI is InChI=1S/C23H28N2O5/c1-5-23(17-11-12-18(28-4)16(3)15-17)21(26)25(22(27)24-23)13-14-30-20-10-8-7-9-19(20)29-6-2/h7-12,15H,5-6,13-14H2,1-4H3,(H,24,27). The zero-order chi connectivity index (χ0) is 21.7. The summed E-state index contributed by atoms with van der Waals surface area (Å²) in [6.45, 7) is 6.53. The van der Waals surface area contributed by atoms with Crippen molar-refractivity contribution in [2.24, 2.45) is 0 Å². The van der Waals surface area contributed by atoms with Gasteiger partial charge in [0.25, 0.3) is 5.91 Å². The van der Waals surface area contributed by atoms with Crippen LogP contribution < -0.4 is 19.5 Å². The van der Waals surface area contributed by atoms with Crippen LogP contribution in [-0.2, 0) is 10.3 Å². The molecule has 1 aliphatic heterocycles. The van der Waals surface area contributed by atoms with Gasteiger partial charge in [0.1, 0.15) is 17.9 Å². The number of methoxy groups -OCH3 is 1. The molecule has 0 saturated carbocycles. The molecule has 1 aliphatic rings. The molecule has 30 heavy (non-hydrogen) atoms. The Labute approximate surface area is 176 Å². The third kappa shape index (κ3) is 3.92. The van der Waals surface area contributed by atoms with Crippen LogP contribution in [0.25, 0.3) is 0 Å². The van der Waals surface area contributed by atoms with Crippen LogP contribution in [0.3, 0.4) is 0 Å². The Morgan fingerprint density at radius 2 is 1.70 bits per heavy atom. The summed E-state index contributed by atoms with van der Waals surface area (Å²) in [6.07, 6.45) is 0.438. The molecule has 3 amide bonds. The van der Waals surface area contributed by atoms with E-state index in [2.05, 4.69) is 5.32 Å². The van der Waals surface area contributed by atoms with Crippen molar-refractivity contribution in [1.29, 1.82) is 0 Å². The van der Waals surface area contributed by atoms with Crippen LogP contribution in [0.2, 0.25) is 0 Å². The van der Waals surface area contributed by atoms with Crippen LogP contribution in [0, 0.1) is 6.92 Å². The highest BCUT2D eigenvalue weighted by Gasteiger charge is 2.51. The number of carbonyl (C=O) groups excluding carboxylic acids is 2. The van der Waals surface area contributed by atoms with Crippen molar-refractivity contribution in [2.45, 2.75) is 32.7 Å². The van der Waals surface area contributed by atoms with Crippen molar-refractivity contribution < 1.29 is 23.8 Å². The van der Waals surface area contributed by atoms with Crippen molar-refractivity contribution in [2.75, 3.05) is 26.9 Å². The van der Waals surface area contributed by atoms with E-state index in [0.29, 0.717) is 24.5 Å². The van der Waals surface area contributed by atoms with Gasteiger partial charge in [-0.25, -0.2) is 4.79 Å². The summed E-state index contributed by atoms with van der Waals surface area (Å²) in [6, 6.07) is 12.4. The Hall–Kier alpha value is -3.22. The fraction of sp³-hybridized carbons (Fsp3) is 0.391. The van der Waals surface area contributed by atoms with Crippen LogP contribution in [0.15, 0.2) is 42.5 Å². The van der Waals surface area contributed by atoms with Gasteiger partial charge in [-0.05, 0) is 55.7 Å². The number of nitrogens with zero attached hydrogens (tertiary/aromatic N) is 1. The lowest BCUT2D eigenvalue weighted by Crippen LogP contribution is -2.43. The number of rotatable bonds is 9. The SMILES string of the molecule is CCOc1ccccc1OCCN1C(=O)NC(CC)(c2ccc(OC)c(C)c2)C1=O. The Balaban J connectivity index is 1.74. The van der Waals surface area contributed by atoms with Crippen molar-refractivity contribution in [1.82, 2.24) is 10.2 Å². The van der Waals surface area contributed by atoms with Gasteiger partial charge in [0.2, 0.25) is 0 Å². The average Bonchev–Trinajstić information content (AvgIpc) is 3.00. The van der Waals surface area contributed by atoms with E-state index in [1.165, 1.54) is 4.90 Å². The lowest BCUT2D eigenvalue weighted by molar-refractivity contribution is -0.132. The topological polar surface area (TPSA) is 77.1 Å². The van der Waals surface area contributed by atoms with E-state index in [0.717, 1.165) is 16.9 Å². The van der Waals surface area contributed by atoms with Gasteiger partial charge in [-0.1, -0.05) is 25.1 Å². The van der Waals surface area contributed by atoms with Crippen LogP contribution in [0.5, 0.6) is 17.2 Å². The van der Waals surface area contributed by atoms with Crippen molar-refractivity contribution in [3.8, 4) is 17.2 Å². The van der Waals surface area contributed by atoms with Crippen molar-refractivity contribution in [3.63, 3.8) is 0 Å². The second-order valence-electron chi connectivity index (χ2n) is 7.06. The first-order valence-electron chi connectivity index (χ1n) is 10.1. The summed E-state index contributed by atoms with van der Waals surface area (Å²) in [7, 11) is 1.60. The van der Waals surface area contributed by atoms with Gasteiger partial charge in [0.05, 0.1) is 20.3 Å². The molecule has 1 fully saturated rings. The molecular formula is C23H28N2O5. The Morgan fingerprint density at radius 3 is 2.30 bits per heavy atom. The van der Waals surface area contributed by atoms with E-state index in [1.807, 2.05) is 57.2 Å². The summed E-state index contributed by atoms with van der Waals surface area (Å²) >= 11 is 0. The Kier molecular flexibility index (Phi) is 6.50. The predicted octanol–water partition coefficient (Wildman–Crippen LogP) is 3.64. The van der Waals surface area contributed by atoms with Gasteiger partial charge in [-0.3, -0.25) is 9.69 Å². The molecule has 1 heterocycles. The maximum absolute atomic E-state index is 13.3. The summed E-state index contributed by atoms with van der Waals surface area (Å²) in [5.41, 5.74) is 0.558. The van der Waals surface area contributed by atoms with Gasteiger partial charge in [-0.2, -0.15) is 0 Å². The maximum atomic E-state index is 13.3. The maximum Gasteiger partial charge on any atom is 0.325 e. The molecule has 2 aromatic carbocycles. The van der Waals surface area contributed by atoms with Gasteiger partial charge in [-0.15, -0.1) is 0 Å². The van der Waals surface area contributed by atoms with Crippen molar-refractivity contribution >= 4 is 11.9 Å². The molecule has 7 nitrogen and oxygen atoms in total. The number of amides is 3. The summed E-state index contributed by atoms with van der Waals surface area (Å²) < 4.78 is 16.6. The molecule has 0 bridgehead atoms. The molecule has 0 spiro atoms. The van der Waals surface area contributed by atoms with Crippen LogP contribution in [-0.4, -0.2) is 43.7 Å². The molecule has 1 atom stereocenters. The van der Waals surface area contributed by atoms with Gasteiger partial charge in [0.15, 0.2) is 11.5 Å². The third-order valence-electron chi connectivity index (χ3n) is 5.32. The summed E-state index contributed by atoms with van der Waals surface area (Å²) in [4.78, 5) is 27.1. The summed E-state index contributed by atoms with van der Waals surface area (Å²) in [5.74, 6) is 1.68. The highest BCUT2D eigenvalue weighted by atomic mass is 16.5. The van der Waals surface area contributed by atoms with E-state index >= 15 is 0 Å². The number of aryl methyl sites for hydroxylation is 1. The van der Waals surface area contributed by atoms with E-state index in [1.54, 1.807) is 13.2 Å². The zero-order valence-corrected chi connectivity index (χ0v) is 17.9. The lowest BCUT2D eigenvalue weighted by atomic mass is 9.86. The number of carbonyl (C=O) groups is 2. The minimum atomic E-state index is -1.09. The minimum absolute atomic E-state index is 0.141. The Morgan fingerprint density at radius 1 is 1.00 bits per heavy atom. The molecular weight excluding hydrogens is 384 g/mol. The number of hydrogen-bond donors (Lipinski definition) is 1. The second kappa shape index (κ2) is 9.07. The molecule has 3 rings (SSSR count). The van der Waals surface area contributed by atoms with E-state index in [4.69, 9.17) is 14.2 Å². The minimum Gasteiger partial charge on any atom is -0.496 e. The first-order valence-corrected chi connectivity index (χ1v) is 10.1. The Bertz CT molecular complexity index is 930. The molecule has 1 unspecified atom stereocenters. The number of para-hydroxylation sites is 2. The highest BCUT2D eigenvalue weighted by Crippen LogP contribution is 2.35. The average molecular weight is 412 g/mol. The van der Waals surface area contributed by atoms with Gasteiger partial charge in [0, 0.05) is 0 Å². The number of nitrogens with one attached hydrogen (secondary N) is 1. The van der Waals surface area contributed by atoms with E-state index in [9.17, 15) is 9.59 Å². The van der Waals surface area contributed by atoms with Crippen molar-refractivity contribution in [3.05, 3.63) is 53.6 Å². The smallest absolute Gasteiger partial charge is 0.325 e. The highest BCUT2D eigenvalue weighted by molar-refractivity contribution is 6.07. The molecule has 160 valence electrons. The molecule has 1 saturated heterocycles. The number of urea groups is 1. The molecule has 7 heteroatoms. The number of hydrogen-bond acceptors (Lipinski definition) is 5. The molecule has 0 aliphatic carbocycles. The second-order valence-corrected chi connectivity index (χ2v) is 7.06. The first-order chi connectivity index (χ1) is 14.5. The third-order valence-corrected chi connectivity index (χ3v) is 5.32. The fourth-order valence-corrected chi connectivity index (χ4v) is 3.70. The molecule has 1 N–H and O–H groups in total. The van der Waals surface area contributed by atoms with Crippen LogP contribution >= 0.6 is 0 Å². The number of benzene rings is 2. The first kappa shape index (κ1) is 21.5. The largest absolute Gasteiger partial charge is 0.496 e. The summed E-state index contributed by atoms with van der Waals surface area (Å²) in [5, 5.41) is 2.89. The van der Waals surface area contributed by atoms with E-state index < -0.39 is 11.6 Å². The van der Waals surface area contributed by atoms with Gasteiger partial charge < -0.3 is 19.5 Å².